The Morgan fingerprint density at radius 2 is 1.75 bits per heavy atom. The number of hydrogen-bond donors (Lipinski definition) is 0. The lowest BCUT2D eigenvalue weighted by Gasteiger charge is -2.43. The number of esters is 1. The molecule has 8 nitrogen and oxygen atoms in total. The summed E-state index contributed by atoms with van der Waals surface area (Å²) in [6, 6.07) is 15.1. The molecule has 2 aliphatic rings. The van der Waals surface area contributed by atoms with Gasteiger partial charge in [0, 0.05) is 37.9 Å². The van der Waals surface area contributed by atoms with Gasteiger partial charge in [0.25, 0.3) is 0 Å². The third-order valence-electron chi connectivity index (χ3n) is 6.03. The van der Waals surface area contributed by atoms with Crippen molar-refractivity contribution < 1.29 is 23.8 Å². The van der Waals surface area contributed by atoms with Crippen LogP contribution >= 0.6 is 0 Å². The topological polar surface area (TPSA) is 71.6 Å². The van der Waals surface area contributed by atoms with Crippen molar-refractivity contribution in [2.24, 2.45) is 0 Å². The molecular formula is C24H29N3O5. The van der Waals surface area contributed by atoms with E-state index in [9.17, 15) is 9.59 Å². The molecule has 0 atom stereocenters. The van der Waals surface area contributed by atoms with Gasteiger partial charge in [0.05, 0.1) is 45.6 Å². The first-order valence-electron chi connectivity index (χ1n) is 10.8. The van der Waals surface area contributed by atoms with E-state index in [4.69, 9.17) is 14.2 Å². The maximum atomic E-state index is 13.6. The normalized spacial score (nSPS) is 16.9. The number of hydrogen-bond acceptors (Lipinski definition) is 6. The predicted molar refractivity (Wildman–Crippen MR) is 120 cm³/mol. The Labute approximate surface area is 188 Å². The average Bonchev–Trinajstić information content (AvgIpc) is 2.81. The molecule has 0 aliphatic carbocycles. The molecule has 2 heterocycles. The second-order valence-corrected chi connectivity index (χ2v) is 7.97. The molecule has 0 saturated carbocycles. The molecule has 0 bridgehead atoms. The van der Waals surface area contributed by atoms with Gasteiger partial charge >= 0.3 is 12.0 Å². The number of carbonyl (C=O) groups excluding carboxylic acids is 2. The number of carbonyl (C=O) groups is 2. The Balaban J connectivity index is 1.52. The van der Waals surface area contributed by atoms with Crippen LogP contribution in [0.2, 0.25) is 0 Å². The minimum atomic E-state index is -0.382. The number of piperazine rings is 1. The summed E-state index contributed by atoms with van der Waals surface area (Å²) in [5.41, 5.74) is 2.16. The standard InChI is InChI=1S/C24H29N3O5/c1-30-22-5-3-4-20(14-22)27(15-18-6-8-19(9-7-18)23(28)31-2)24(29)26-12-10-25(11-13-26)21-16-32-17-21/h3-9,14,21H,10-13,15-17H2,1-2H3. The summed E-state index contributed by atoms with van der Waals surface area (Å²) < 4.78 is 15.4. The third-order valence-corrected chi connectivity index (χ3v) is 6.03. The minimum Gasteiger partial charge on any atom is -0.497 e. The summed E-state index contributed by atoms with van der Waals surface area (Å²) in [6.45, 7) is 4.99. The van der Waals surface area contributed by atoms with E-state index < -0.39 is 0 Å². The first kappa shape index (κ1) is 22.1. The zero-order valence-corrected chi connectivity index (χ0v) is 18.5. The summed E-state index contributed by atoms with van der Waals surface area (Å²) in [4.78, 5) is 31.4. The van der Waals surface area contributed by atoms with Gasteiger partial charge in [-0.15, -0.1) is 0 Å². The summed E-state index contributed by atoms with van der Waals surface area (Å²) in [5, 5.41) is 0. The molecule has 0 aromatic heterocycles. The second-order valence-electron chi connectivity index (χ2n) is 7.97. The predicted octanol–water partition coefficient (Wildman–Crippen LogP) is 2.62. The molecule has 0 spiro atoms. The molecule has 0 N–H and O–H groups in total. The molecule has 0 unspecified atom stereocenters. The largest absolute Gasteiger partial charge is 0.497 e. The van der Waals surface area contributed by atoms with Gasteiger partial charge in [-0.3, -0.25) is 9.80 Å². The molecule has 0 radical (unpaired) electrons. The fraction of sp³-hybridized carbons (Fsp3) is 0.417. The van der Waals surface area contributed by atoms with Crippen molar-refractivity contribution in [2.75, 3.05) is 58.5 Å². The van der Waals surface area contributed by atoms with Gasteiger partial charge in [0.2, 0.25) is 0 Å². The van der Waals surface area contributed by atoms with Gasteiger partial charge in [-0.05, 0) is 29.8 Å². The molecule has 32 heavy (non-hydrogen) atoms. The average molecular weight is 440 g/mol. The molecule has 2 aliphatic heterocycles. The Hall–Kier alpha value is -3.10. The first-order valence-corrected chi connectivity index (χ1v) is 10.8. The molecular weight excluding hydrogens is 410 g/mol. The van der Waals surface area contributed by atoms with Crippen molar-refractivity contribution in [2.45, 2.75) is 12.6 Å². The van der Waals surface area contributed by atoms with Crippen molar-refractivity contribution in [3.05, 3.63) is 59.7 Å². The van der Waals surface area contributed by atoms with Crippen molar-refractivity contribution in [1.29, 1.82) is 0 Å². The number of amides is 2. The molecule has 2 aromatic carbocycles. The van der Waals surface area contributed by atoms with E-state index in [2.05, 4.69) is 4.90 Å². The molecule has 2 saturated heterocycles. The molecule has 170 valence electrons. The fourth-order valence-corrected chi connectivity index (χ4v) is 3.98. The van der Waals surface area contributed by atoms with Crippen LogP contribution in [0.5, 0.6) is 5.75 Å². The lowest BCUT2D eigenvalue weighted by atomic mass is 10.1. The Bertz CT molecular complexity index is 937. The third kappa shape index (κ3) is 4.87. The summed E-state index contributed by atoms with van der Waals surface area (Å²) >= 11 is 0. The number of urea groups is 1. The first-order chi connectivity index (χ1) is 15.6. The van der Waals surface area contributed by atoms with E-state index in [1.165, 1.54) is 7.11 Å². The van der Waals surface area contributed by atoms with Gasteiger partial charge in [0.1, 0.15) is 5.75 Å². The number of benzene rings is 2. The maximum Gasteiger partial charge on any atom is 0.337 e. The Morgan fingerprint density at radius 1 is 1.03 bits per heavy atom. The van der Waals surface area contributed by atoms with E-state index in [1.807, 2.05) is 41.3 Å². The van der Waals surface area contributed by atoms with Gasteiger partial charge in [-0.2, -0.15) is 0 Å². The highest BCUT2D eigenvalue weighted by atomic mass is 16.5. The number of ether oxygens (including phenoxy) is 3. The monoisotopic (exact) mass is 439 g/mol. The zero-order chi connectivity index (χ0) is 22.5. The minimum absolute atomic E-state index is 0.0418. The van der Waals surface area contributed by atoms with Crippen LogP contribution in [-0.2, 0) is 16.0 Å². The van der Waals surface area contributed by atoms with Gasteiger partial charge in [0.15, 0.2) is 0 Å². The quantitative estimate of drug-likeness (QED) is 0.645. The zero-order valence-electron chi connectivity index (χ0n) is 18.5. The van der Waals surface area contributed by atoms with E-state index >= 15 is 0 Å². The Kier molecular flexibility index (Phi) is 6.92. The maximum absolute atomic E-state index is 13.6. The number of methoxy groups -OCH3 is 2. The van der Waals surface area contributed by atoms with Crippen LogP contribution in [-0.4, -0.2) is 81.5 Å². The molecule has 4 rings (SSSR count). The highest BCUT2D eigenvalue weighted by Gasteiger charge is 2.32. The lowest BCUT2D eigenvalue weighted by molar-refractivity contribution is -0.0738. The van der Waals surface area contributed by atoms with Gasteiger partial charge < -0.3 is 19.1 Å². The SMILES string of the molecule is COC(=O)c1ccc(CN(C(=O)N2CCN(C3COC3)CC2)c2cccc(OC)c2)cc1. The van der Waals surface area contributed by atoms with Crippen molar-refractivity contribution >= 4 is 17.7 Å². The number of rotatable bonds is 6. The fourth-order valence-electron chi connectivity index (χ4n) is 3.98. The molecule has 8 heteroatoms. The molecule has 2 aromatic rings. The van der Waals surface area contributed by atoms with Crippen molar-refractivity contribution in [1.82, 2.24) is 9.80 Å². The van der Waals surface area contributed by atoms with Crippen molar-refractivity contribution in [3.8, 4) is 5.75 Å². The van der Waals surface area contributed by atoms with E-state index in [0.717, 1.165) is 37.6 Å². The van der Waals surface area contributed by atoms with Crippen LogP contribution in [0.4, 0.5) is 10.5 Å². The lowest BCUT2D eigenvalue weighted by Crippen LogP contribution is -2.59. The van der Waals surface area contributed by atoms with Gasteiger partial charge in [-0.1, -0.05) is 18.2 Å². The number of nitrogens with zero attached hydrogens (tertiary/aromatic N) is 3. The van der Waals surface area contributed by atoms with E-state index in [1.54, 1.807) is 24.1 Å². The highest BCUT2D eigenvalue weighted by molar-refractivity contribution is 5.92. The molecule has 2 amide bonds. The summed E-state index contributed by atoms with van der Waals surface area (Å²) in [5.74, 6) is 0.308. The smallest absolute Gasteiger partial charge is 0.337 e. The van der Waals surface area contributed by atoms with Crippen LogP contribution in [0.1, 0.15) is 15.9 Å². The van der Waals surface area contributed by atoms with Crippen molar-refractivity contribution in [3.63, 3.8) is 0 Å². The van der Waals surface area contributed by atoms with Gasteiger partial charge in [-0.25, -0.2) is 9.59 Å². The number of anilines is 1. The van der Waals surface area contributed by atoms with Crippen LogP contribution in [0.25, 0.3) is 0 Å². The van der Waals surface area contributed by atoms with Crippen LogP contribution < -0.4 is 9.64 Å². The van der Waals surface area contributed by atoms with Crippen LogP contribution in [0.3, 0.4) is 0 Å². The highest BCUT2D eigenvalue weighted by Crippen LogP contribution is 2.25. The van der Waals surface area contributed by atoms with Crippen LogP contribution in [0.15, 0.2) is 48.5 Å². The second kappa shape index (κ2) is 10.0. The van der Waals surface area contributed by atoms with E-state index in [0.29, 0.717) is 37.0 Å². The summed E-state index contributed by atoms with van der Waals surface area (Å²) in [7, 11) is 2.97. The van der Waals surface area contributed by atoms with Crippen LogP contribution in [0, 0.1) is 0 Å². The van der Waals surface area contributed by atoms with E-state index in [-0.39, 0.29) is 12.0 Å². The summed E-state index contributed by atoms with van der Waals surface area (Å²) in [6.07, 6.45) is 0. The Morgan fingerprint density at radius 3 is 2.34 bits per heavy atom. The molecule has 2 fully saturated rings.